The highest BCUT2D eigenvalue weighted by molar-refractivity contribution is 5.96. The van der Waals surface area contributed by atoms with Gasteiger partial charge in [0, 0.05) is 30.7 Å². The van der Waals surface area contributed by atoms with E-state index in [0.29, 0.717) is 11.3 Å². The molecule has 1 aliphatic heterocycles. The van der Waals surface area contributed by atoms with Crippen LogP contribution in [0.4, 0.5) is 17.6 Å². The van der Waals surface area contributed by atoms with Crippen LogP contribution in [-0.4, -0.2) is 63.3 Å². The summed E-state index contributed by atoms with van der Waals surface area (Å²) in [4.78, 5) is 16.8. The summed E-state index contributed by atoms with van der Waals surface area (Å²) in [6.07, 6.45) is 0.797. The van der Waals surface area contributed by atoms with Gasteiger partial charge >= 0.3 is 6.18 Å². The maximum Gasteiger partial charge on any atom is 0.434 e. The first kappa shape index (κ1) is 24.0. The Morgan fingerprint density at radius 3 is 2.76 bits per heavy atom. The highest BCUT2D eigenvalue weighted by Crippen LogP contribution is 2.27. The lowest BCUT2D eigenvalue weighted by molar-refractivity contribution is -0.141. The summed E-state index contributed by atoms with van der Waals surface area (Å²) in [7, 11) is 0. The Labute approximate surface area is 186 Å². The number of nitrogens with zero attached hydrogens (tertiary/aromatic N) is 6. The van der Waals surface area contributed by atoms with Crippen LogP contribution in [0.5, 0.6) is 0 Å². The third kappa shape index (κ3) is 5.42. The first-order valence-electron chi connectivity index (χ1n) is 9.76. The van der Waals surface area contributed by atoms with E-state index in [1.807, 2.05) is 0 Å². The van der Waals surface area contributed by atoms with Gasteiger partial charge in [-0.3, -0.25) is 14.4 Å². The molecule has 1 aliphatic rings. The van der Waals surface area contributed by atoms with Crippen molar-refractivity contribution in [1.29, 1.82) is 5.41 Å². The van der Waals surface area contributed by atoms with Crippen LogP contribution in [0.15, 0.2) is 52.4 Å². The molecule has 3 N–H and O–H groups in total. The van der Waals surface area contributed by atoms with Crippen molar-refractivity contribution in [2.45, 2.75) is 31.9 Å². The first-order chi connectivity index (χ1) is 15.7. The molecule has 2 aromatic rings. The zero-order valence-electron chi connectivity index (χ0n) is 17.6. The Kier molecular flexibility index (Phi) is 7.21. The zero-order valence-corrected chi connectivity index (χ0v) is 17.6. The van der Waals surface area contributed by atoms with Crippen LogP contribution in [0.2, 0.25) is 0 Å². The quantitative estimate of drug-likeness (QED) is 0.386. The van der Waals surface area contributed by atoms with E-state index in [1.165, 1.54) is 16.8 Å². The minimum Gasteiger partial charge on any atom is -0.404 e. The molecule has 1 saturated heterocycles. The fourth-order valence-electron chi connectivity index (χ4n) is 3.38. The third-order valence-electron chi connectivity index (χ3n) is 4.86. The van der Waals surface area contributed by atoms with Crippen LogP contribution in [0.25, 0.3) is 5.65 Å². The average Bonchev–Trinajstić information content (AvgIpc) is 3.16. The van der Waals surface area contributed by atoms with Gasteiger partial charge in [-0.15, -0.1) is 0 Å². The van der Waals surface area contributed by atoms with Crippen LogP contribution in [0.1, 0.15) is 18.3 Å². The van der Waals surface area contributed by atoms with Gasteiger partial charge in [0.05, 0.1) is 43.5 Å². The van der Waals surface area contributed by atoms with Gasteiger partial charge < -0.3 is 20.8 Å². The Hall–Kier alpha value is -3.61. The molecule has 1 fully saturated rings. The van der Waals surface area contributed by atoms with Gasteiger partial charge in [-0.05, 0) is 13.6 Å². The Bertz CT molecular complexity index is 1120. The summed E-state index contributed by atoms with van der Waals surface area (Å²) < 4.78 is 61.1. The van der Waals surface area contributed by atoms with Gasteiger partial charge in [0.25, 0.3) is 0 Å². The number of morpholine rings is 1. The average molecular weight is 466 g/mol. The summed E-state index contributed by atoms with van der Waals surface area (Å²) in [5, 5.41) is 7.49. The molecule has 0 aromatic carbocycles. The standard InChI is InChI=1S/C20H22F4N8O/c1-12-9-31(10-16(33-12)13(3-25)4-26)19(15(21)7-27-2)30-6-14-5-29-18-8-28-17(11-32(14)18)20(22,23)24/h3-5,7-8,11-12,16,25H,2,6,9-10,26H2,1H3/b13-4+,15-7+,25-3?,30-19?. The molecule has 0 spiro atoms. The molecule has 2 aromatic heterocycles. The number of fused-ring (bicyclic) bond motifs is 1. The molecule has 3 heterocycles. The maximum atomic E-state index is 14.9. The van der Waals surface area contributed by atoms with E-state index in [9.17, 15) is 17.6 Å². The number of hydrogen-bond donors (Lipinski definition) is 2. The molecule has 0 amide bonds. The van der Waals surface area contributed by atoms with E-state index in [2.05, 4.69) is 26.7 Å². The number of halogens is 4. The Morgan fingerprint density at radius 2 is 2.12 bits per heavy atom. The predicted octanol–water partition coefficient (Wildman–Crippen LogP) is 2.74. The number of amidine groups is 1. The van der Waals surface area contributed by atoms with Crippen LogP contribution in [0.3, 0.4) is 0 Å². The topological polar surface area (TPSA) is 117 Å². The number of nitrogens with one attached hydrogen (secondary N) is 1. The fourth-order valence-corrected chi connectivity index (χ4v) is 3.38. The molecule has 33 heavy (non-hydrogen) atoms. The number of ether oxygens (including phenoxy) is 1. The lowest BCUT2D eigenvalue weighted by Gasteiger charge is -2.38. The smallest absolute Gasteiger partial charge is 0.404 e. The highest BCUT2D eigenvalue weighted by atomic mass is 19.4. The second-order valence-electron chi connectivity index (χ2n) is 7.20. The molecule has 0 radical (unpaired) electrons. The summed E-state index contributed by atoms with van der Waals surface area (Å²) in [5.74, 6) is -0.860. The van der Waals surface area contributed by atoms with Crippen LogP contribution in [0, 0.1) is 5.41 Å². The van der Waals surface area contributed by atoms with Crippen LogP contribution >= 0.6 is 0 Å². The van der Waals surface area contributed by atoms with Gasteiger partial charge in [0.2, 0.25) is 0 Å². The minimum absolute atomic E-state index is 0.0797. The number of alkyl halides is 3. The molecule has 176 valence electrons. The molecule has 0 saturated carbocycles. The largest absolute Gasteiger partial charge is 0.434 e. The van der Waals surface area contributed by atoms with E-state index >= 15 is 0 Å². The monoisotopic (exact) mass is 466 g/mol. The second-order valence-corrected chi connectivity index (χ2v) is 7.20. The Morgan fingerprint density at radius 1 is 1.36 bits per heavy atom. The summed E-state index contributed by atoms with van der Waals surface area (Å²) in [6, 6.07) is 0. The molecule has 13 heteroatoms. The van der Waals surface area contributed by atoms with Crippen molar-refractivity contribution in [1.82, 2.24) is 19.3 Å². The van der Waals surface area contributed by atoms with Gasteiger partial charge in [0.1, 0.15) is 6.10 Å². The summed E-state index contributed by atoms with van der Waals surface area (Å²) in [6.45, 7) is 5.28. The van der Waals surface area contributed by atoms with Crippen LogP contribution in [-0.2, 0) is 17.5 Å². The minimum atomic E-state index is -4.63. The van der Waals surface area contributed by atoms with Crippen molar-refractivity contribution in [2.75, 3.05) is 13.1 Å². The molecule has 3 rings (SSSR count). The van der Waals surface area contributed by atoms with E-state index < -0.39 is 23.8 Å². The molecule has 2 unspecified atom stereocenters. The number of nitrogens with two attached hydrogens (primary N) is 1. The highest BCUT2D eigenvalue weighted by Gasteiger charge is 2.33. The summed E-state index contributed by atoms with van der Waals surface area (Å²) >= 11 is 0. The van der Waals surface area contributed by atoms with E-state index in [1.54, 1.807) is 11.8 Å². The first-order valence-corrected chi connectivity index (χ1v) is 9.76. The maximum absolute atomic E-state index is 14.9. The number of rotatable bonds is 6. The molecule has 9 nitrogen and oxygen atoms in total. The number of aliphatic imine (C=N–C) groups is 2. The normalized spacial score (nSPS) is 20.9. The molecule has 0 aliphatic carbocycles. The molecule has 2 atom stereocenters. The van der Waals surface area contributed by atoms with Gasteiger partial charge in [-0.25, -0.2) is 14.4 Å². The molecule has 0 bridgehead atoms. The SMILES string of the molecule is C=N/C=C(/F)C(=NCc1cnc2cnc(C(F)(F)F)cn12)N1CC(C)OC(/C(C=N)=C/N)C1. The zero-order chi connectivity index (χ0) is 24.2. The van der Waals surface area contributed by atoms with Gasteiger partial charge in [-0.2, -0.15) is 13.2 Å². The lowest BCUT2D eigenvalue weighted by atomic mass is 10.1. The van der Waals surface area contributed by atoms with E-state index in [-0.39, 0.29) is 37.2 Å². The van der Waals surface area contributed by atoms with Crippen molar-refractivity contribution >= 4 is 24.4 Å². The van der Waals surface area contributed by atoms with Crippen molar-refractivity contribution in [3.63, 3.8) is 0 Å². The number of aromatic nitrogens is 3. The number of hydrogen-bond acceptors (Lipinski definition) is 7. The van der Waals surface area contributed by atoms with E-state index in [0.717, 1.165) is 24.8 Å². The number of imidazole rings is 1. The third-order valence-corrected chi connectivity index (χ3v) is 4.86. The van der Waals surface area contributed by atoms with Gasteiger partial charge in [0.15, 0.2) is 23.0 Å². The van der Waals surface area contributed by atoms with Crippen molar-refractivity contribution in [3.05, 3.63) is 53.8 Å². The van der Waals surface area contributed by atoms with E-state index in [4.69, 9.17) is 15.9 Å². The fraction of sp³-hybridized carbons (Fsp3) is 0.350. The second kappa shape index (κ2) is 9.90. The molecular formula is C20H22F4N8O. The van der Waals surface area contributed by atoms with Crippen molar-refractivity contribution in [3.8, 4) is 0 Å². The van der Waals surface area contributed by atoms with Crippen molar-refractivity contribution in [2.24, 2.45) is 15.7 Å². The van der Waals surface area contributed by atoms with Crippen molar-refractivity contribution < 1.29 is 22.3 Å². The predicted molar refractivity (Wildman–Crippen MR) is 115 cm³/mol. The van der Waals surface area contributed by atoms with Gasteiger partial charge in [-0.1, -0.05) is 0 Å². The summed E-state index contributed by atoms with van der Waals surface area (Å²) in [5.41, 5.74) is 5.38. The Balaban J connectivity index is 1.96. The van der Waals surface area contributed by atoms with Crippen LogP contribution < -0.4 is 5.73 Å². The lowest BCUT2D eigenvalue weighted by Crippen LogP contribution is -2.50. The molecular weight excluding hydrogens is 444 g/mol.